The van der Waals surface area contributed by atoms with Crippen molar-refractivity contribution in [1.82, 2.24) is 19.3 Å². The zero-order chi connectivity index (χ0) is 25.9. The monoisotopic (exact) mass is 508 g/mol. The van der Waals surface area contributed by atoms with Crippen molar-refractivity contribution >= 4 is 22.8 Å². The average Bonchev–Trinajstić information content (AvgIpc) is 3.22. The number of piperazine rings is 1. The highest BCUT2D eigenvalue weighted by Gasteiger charge is 2.31. The molecule has 3 aromatic rings. The number of hydrogen-bond acceptors (Lipinski definition) is 6. The molecule has 8 nitrogen and oxygen atoms in total. The summed E-state index contributed by atoms with van der Waals surface area (Å²) in [5, 5.41) is 9.79. The molecular weight excluding hydrogens is 475 g/mol. The number of β-amino-alcohol motifs (C(OH)–C–C–N with tert-alkyl or cyclic N) is 1. The van der Waals surface area contributed by atoms with E-state index in [-0.39, 0.29) is 24.3 Å². The van der Waals surface area contributed by atoms with E-state index in [1.54, 1.807) is 18.2 Å². The van der Waals surface area contributed by atoms with Crippen LogP contribution in [0, 0.1) is 5.82 Å². The first-order valence-electron chi connectivity index (χ1n) is 12.8. The zero-order valence-electron chi connectivity index (χ0n) is 21.2. The van der Waals surface area contributed by atoms with Gasteiger partial charge in [0.2, 0.25) is 0 Å². The number of carbonyl (C=O) groups excluding carboxylic acids is 2. The number of methoxy groups -OCH3 is 1. The van der Waals surface area contributed by atoms with Crippen LogP contribution in [-0.2, 0) is 17.7 Å². The van der Waals surface area contributed by atoms with E-state index in [1.165, 1.54) is 19.2 Å². The topological polar surface area (TPSA) is 78.2 Å². The van der Waals surface area contributed by atoms with Gasteiger partial charge in [0.15, 0.2) is 0 Å². The first-order valence-corrected chi connectivity index (χ1v) is 12.8. The number of hydrogen-bond donors (Lipinski definition) is 1. The van der Waals surface area contributed by atoms with Gasteiger partial charge in [-0.2, -0.15) is 0 Å². The molecular formula is C28H33FN4O4. The summed E-state index contributed by atoms with van der Waals surface area (Å²) in [5.41, 5.74) is 3.81. The third-order valence-corrected chi connectivity index (χ3v) is 7.54. The van der Waals surface area contributed by atoms with Gasteiger partial charge in [0, 0.05) is 81.9 Å². The van der Waals surface area contributed by atoms with E-state index < -0.39 is 0 Å². The van der Waals surface area contributed by atoms with Crippen molar-refractivity contribution in [3.05, 3.63) is 70.7 Å². The summed E-state index contributed by atoms with van der Waals surface area (Å²) in [7, 11) is 1.35. The lowest BCUT2D eigenvalue weighted by Crippen LogP contribution is -2.50. The minimum atomic E-state index is -0.386. The summed E-state index contributed by atoms with van der Waals surface area (Å²) < 4.78 is 21.2. The number of carbonyl (C=O) groups is 2. The lowest BCUT2D eigenvalue weighted by atomic mass is 10.0. The molecule has 0 aliphatic carbocycles. The summed E-state index contributed by atoms with van der Waals surface area (Å²) in [4.78, 5) is 31.9. The molecule has 0 unspecified atom stereocenters. The molecule has 1 fully saturated rings. The van der Waals surface area contributed by atoms with Crippen molar-refractivity contribution < 1.29 is 23.8 Å². The fraction of sp³-hybridized carbons (Fsp3) is 0.429. The Morgan fingerprint density at radius 3 is 2.35 bits per heavy atom. The summed E-state index contributed by atoms with van der Waals surface area (Å²) in [6.45, 7) is 7.15. The third kappa shape index (κ3) is 5.25. The number of aromatic nitrogens is 1. The molecule has 0 atom stereocenters. The SMILES string of the molecule is COC(=O)c1ccc(Cn2c3c(c4cc(F)ccc42)C(=O)N(CCN2CCN(CCO)CC2)CC3)cc1. The quantitative estimate of drug-likeness (QED) is 0.471. The Morgan fingerprint density at radius 2 is 1.68 bits per heavy atom. The molecule has 37 heavy (non-hydrogen) atoms. The smallest absolute Gasteiger partial charge is 0.337 e. The number of aliphatic hydroxyl groups excluding tert-OH is 1. The summed E-state index contributed by atoms with van der Waals surface area (Å²) in [6.07, 6.45) is 0.696. The van der Waals surface area contributed by atoms with Crippen LogP contribution in [0.15, 0.2) is 42.5 Å². The molecule has 0 saturated carbocycles. The van der Waals surface area contributed by atoms with E-state index in [2.05, 4.69) is 14.4 Å². The number of amides is 1. The van der Waals surface area contributed by atoms with Crippen LogP contribution >= 0.6 is 0 Å². The molecule has 2 aliphatic rings. The number of esters is 1. The van der Waals surface area contributed by atoms with Crippen LogP contribution < -0.4 is 0 Å². The largest absolute Gasteiger partial charge is 0.465 e. The summed E-state index contributed by atoms with van der Waals surface area (Å²) in [5.74, 6) is -0.792. The average molecular weight is 509 g/mol. The highest BCUT2D eigenvalue weighted by Crippen LogP contribution is 2.32. The third-order valence-electron chi connectivity index (χ3n) is 7.54. The predicted octanol–water partition coefficient (Wildman–Crippen LogP) is 2.22. The number of fused-ring (bicyclic) bond motifs is 3. The maximum absolute atomic E-state index is 14.3. The van der Waals surface area contributed by atoms with Gasteiger partial charge >= 0.3 is 5.97 Å². The van der Waals surface area contributed by atoms with Crippen molar-refractivity contribution in [3.8, 4) is 0 Å². The van der Waals surface area contributed by atoms with Gasteiger partial charge < -0.3 is 19.3 Å². The number of benzene rings is 2. The molecule has 2 aromatic carbocycles. The maximum atomic E-state index is 14.3. The van der Waals surface area contributed by atoms with Crippen LogP contribution in [0.1, 0.15) is 32.0 Å². The highest BCUT2D eigenvalue weighted by atomic mass is 19.1. The molecule has 5 rings (SSSR count). The molecule has 196 valence electrons. The maximum Gasteiger partial charge on any atom is 0.337 e. The van der Waals surface area contributed by atoms with Gasteiger partial charge in [0.05, 0.1) is 24.8 Å². The van der Waals surface area contributed by atoms with Crippen molar-refractivity contribution in [2.75, 3.05) is 66.1 Å². The van der Waals surface area contributed by atoms with E-state index in [1.807, 2.05) is 17.0 Å². The van der Waals surface area contributed by atoms with Crippen molar-refractivity contribution in [1.29, 1.82) is 0 Å². The normalized spacial score (nSPS) is 16.8. The molecule has 1 saturated heterocycles. The van der Waals surface area contributed by atoms with Gasteiger partial charge in [-0.05, 0) is 35.9 Å². The molecule has 0 bridgehead atoms. The second-order valence-electron chi connectivity index (χ2n) is 9.71. The lowest BCUT2D eigenvalue weighted by Gasteiger charge is -2.36. The zero-order valence-corrected chi connectivity index (χ0v) is 21.2. The molecule has 0 radical (unpaired) electrons. The van der Waals surface area contributed by atoms with E-state index in [4.69, 9.17) is 9.84 Å². The fourth-order valence-electron chi connectivity index (χ4n) is 5.46. The van der Waals surface area contributed by atoms with E-state index >= 15 is 0 Å². The lowest BCUT2D eigenvalue weighted by molar-refractivity contribution is 0.0600. The Balaban J connectivity index is 1.35. The van der Waals surface area contributed by atoms with Gasteiger partial charge in [0.25, 0.3) is 5.91 Å². The van der Waals surface area contributed by atoms with E-state index in [0.29, 0.717) is 49.1 Å². The minimum Gasteiger partial charge on any atom is -0.465 e. The fourth-order valence-corrected chi connectivity index (χ4v) is 5.46. The van der Waals surface area contributed by atoms with Gasteiger partial charge in [0.1, 0.15) is 5.82 Å². The molecule has 1 amide bonds. The van der Waals surface area contributed by atoms with Gasteiger partial charge in [-0.15, -0.1) is 0 Å². The first kappa shape index (κ1) is 25.4. The molecule has 9 heteroatoms. The minimum absolute atomic E-state index is 0.0458. The Hall–Kier alpha value is -3.27. The van der Waals surface area contributed by atoms with Crippen LogP contribution in [0.4, 0.5) is 4.39 Å². The Kier molecular flexibility index (Phi) is 7.55. The number of rotatable bonds is 8. The molecule has 1 aromatic heterocycles. The van der Waals surface area contributed by atoms with Crippen molar-refractivity contribution in [3.63, 3.8) is 0 Å². The van der Waals surface area contributed by atoms with Crippen LogP contribution in [-0.4, -0.2) is 102 Å². The van der Waals surface area contributed by atoms with Crippen molar-refractivity contribution in [2.45, 2.75) is 13.0 Å². The standard InChI is InChI=1S/C28H33FN4O4/c1-37-28(36)21-4-2-20(3-5-21)19-33-24-7-6-22(29)18-23(24)26-25(33)8-9-32(27(26)35)15-14-30-10-12-31(13-11-30)16-17-34/h2-7,18,34H,8-17,19H2,1H3. The molecule has 2 aliphatic heterocycles. The number of aliphatic hydroxyl groups is 1. The second-order valence-corrected chi connectivity index (χ2v) is 9.71. The molecule has 1 N–H and O–H groups in total. The number of nitrogens with zero attached hydrogens (tertiary/aromatic N) is 4. The highest BCUT2D eigenvalue weighted by molar-refractivity contribution is 6.09. The Morgan fingerprint density at radius 1 is 0.973 bits per heavy atom. The summed E-state index contributed by atoms with van der Waals surface area (Å²) in [6, 6.07) is 11.9. The van der Waals surface area contributed by atoms with Crippen LogP contribution in [0.3, 0.4) is 0 Å². The molecule has 0 spiro atoms. The van der Waals surface area contributed by atoms with Crippen LogP contribution in [0.5, 0.6) is 0 Å². The summed E-state index contributed by atoms with van der Waals surface area (Å²) >= 11 is 0. The predicted molar refractivity (Wildman–Crippen MR) is 138 cm³/mol. The van der Waals surface area contributed by atoms with E-state index in [0.717, 1.165) is 49.5 Å². The molecule has 3 heterocycles. The second kappa shape index (κ2) is 11.0. The van der Waals surface area contributed by atoms with E-state index in [9.17, 15) is 14.0 Å². The van der Waals surface area contributed by atoms with Crippen molar-refractivity contribution in [2.24, 2.45) is 0 Å². The number of ether oxygens (including phenoxy) is 1. The Bertz CT molecular complexity index is 1280. The Labute approximate surface area is 215 Å². The van der Waals surface area contributed by atoms with Gasteiger partial charge in [-0.1, -0.05) is 12.1 Å². The van der Waals surface area contributed by atoms with Crippen LogP contribution in [0.25, 0.3) is 10.9 Å². The first-order chi connectivity index (χ1) is 18.0. The number of halogens is 1. The van der Waals surface area contributed by atoms with Crippen LogP contribution in [0.2, 0.25) is 0 Å². The van der Waals surface area contributed by atoms with Gasteiger partial charge in [-0.25, -0.2) is 9.18 Å². The van der Waals surface area contributed by atoms with Gasteiger partial charge in [-0.3, -0.25) is 14.6 Å².